The fourth-order valence-electron chi connectivity index (χ4n) is 0.910. The highest BCUT2D eigenvalue weighted by Gasteiger charge is 2.09. The third kappa shape index (κ3) is 6.38. The van der Waals surface area contributed by atoms with Crippen LogP contribution in [0.2, 0.25) is 0 Å². The molecule has 0 saturated heterocycles. The van der Waals surface area contributed by atoms with Gasteiger partial charge in [-0.15, -0.1) is 0 Å². The number of ether oxygens (including phenoxy) is 1. The van der Waals surface area contributed by atoms with Gasteiger partial charge < -0.3 is 4.74 Å². The van der Waals surface area contributed by atoms with Crippen LogP contribution in [0.1, 0.15) is 40.5 Å². The Bertz CT molecular complexity index is 183. The molecule has 0 bridgehead atoms. The molecule has 0 N–H and O–H groups in total. The lowest BCUT2D eigenvalue weighted by Gasteiger charge is -2.14. The lowest BCUT2D eigenvalue weighted by molar-refractivity contribution is -0.143. The van der Waals surface area contributed by atoms with Crippen LogP contribution in [-0.4, -0.2) is 12.1 Å². The number of esters is 1. The first kappa shape index (κ1) is 12.2. The van der Waals surface area contributed by atoms with Gasteiger partial charge in [-0.1, -0.05) is 20.4 Å². The normalized spacial score (nSPS) is 12.7. The minimum absolute atomic E-state index is 0.00611. The van der Waals surface area contributed by atoms with E-state index in [1.54, 1.807) is 6.92 Å². The van der Waals surface area contributed by atoms with Crippen molar-refractivity contribution in [2.24, 2.45) is 5.92 Å². The van der Waals surface area contributed by atoms with Crippen molar-refractivity contribution in [1.29, 1.82) is 0 Å². The van der Waals surface area contributed by atoms with Crippen molar-refractivity contribution in [2.75, 3.05) is 0 Å². The number of carbonyl (C=O) groups is 1. The van der Waals surface area contributed by atoms with Gasteiger partial charge in [0.05, 0.1) is 6.10 Å². The zero-order valence-electron chi connectivity index (χ0n) is 9.09. The Morgan fingerprint density at radius 2 is 1.85 bits per heavy atom. The molecular formula is C11H20O2. The maximum Gasteiger partial charge on any atom is 0.333 e. The van der Waals surface area contributed by atoms with Crippen LogP contribution >= 0.6 is 0 Å². The van der Waals surface area contributed by atoms with Crippen molar-refractivity contribution in [3.8, 4) is 0 Å². The number of hydrogen-bond acceptors (Lipinski definition) is 2. The molecule has 0 heterocycles. The zero-order valence-corrected chi connectivity index (χ0v) is 9.09. The molecule has 0 aromatic carbocycles. The van der Waals surface area contributed by atoms with Crippen molar-refractivity contribution in [3.63, 3.8) is 0 Å². The van der Waals surface area contributed by atoms with E-state index in [0.717, 1.165) is 12.8 Å². The average Bonchev–Trinajstić information content (AvgIpc) is 2.00. The Morgan fingerprint density at radius 1 is 1.31 bits per heavy atom. The standard InChI is InChI=1S/C11H20O2/c1-8(2)6-7-10(5)13-11(12)9(3)4/h8,10H,3,6-7H2,1-2,4-5H3/t10-/m0/s1. The summed E-state index contributed by atoms with van der Waals surface area (Å²) in [6, 6.07) is 0. The van der Waals surface area contributed by atoms with Crippen LogP contribution in [0.4, 0.5) is 0 Å². The largest absolute Gasteiger partial charge is 0.459 e. The van der Waals surface area contributed by atoms with Crippen molar-refractivity contribution < 1.29 is 9.53 Å². The molecular weight excluding hydrogens is 164 g/mol. The molecule has 0 aromatic heterocycles. The predicted molar refractivity (Wildman–Crippen MR) is 54.4 cm³/mol. The average molecular weight is 184 g/mol. The quantitative estimate of drug-likeness (QED) is 0.485. The van der Waals surface area contributed by atoms with Gasteiger partial charge in [0.25, 0.3) is 0 Å². The van der Waals surface area contributed by atoms with E-state index in [4.69, 9.17) is 4.74 Å². The summed E-state index contributed by atoms with van der Waals surface area (Å²) in [6.07, 6.45) is 2.02. The summed E-state index contributed by atoms with van der Waals surface area (Å²) in [5, 5.41) is 0. The fourth-order valence-corrected chi connectivity index (χ4v) is 0.910. The third-order valence-corrected chi connectivity index (χ3v) is 1.81. The monoisotopic (exact) mass is 184 g/mol. The van der Waals surface area contributed by atoms with E-state index in [1.165, 1.54) is 0 Å². The maximum atomic E-state index is 11.1. The van der Waals surface area contributed by atoms with Crippen LogP contribution < -0.4 is 0 Å². The molecule has 0 aliphatic rings. The summed E-state index contributed by atoms with van der Waals surface area (Å²) < 4.78 is 5.12. The number of carbonyl (C=O) groups excluding carboxylic acids is 1. The minimum atomic E-state index is -0.281. The first-order chi connectivity index (χ1) is 5.93. The van der Waals surface area contributed by atoms with Crippen molar-refractivity contribution in [1.82, 2.24) is 0 Å². The molecule has 1 atom stereocenters. The SMILES string of the molecule is C=C(C)C(=O)O[C@@H](C)CCC(C)C. The van der Waals surface area contributed by atoms with Crippen LogP contribution in [-0.2, 0) is 9.53 Å². The Labute approximate surface area is 81.0 Å². The summed E-state index contributed by atoms with van der Waals surface area (Å²) in [6.45, 7) is 11.4. The van der Waals surface area contributed by atoms with E-state index in [-0.39, 0.29) is 12.1 Å². The second-order valence-corrected chi connectivity index (χ2v) is 3.97. The highest BCUT2D eigenvalue weighted by Crippen LogP contribution is 2.10. The Kier molecular flexibility index (Phi) is 5.44. The highest BCUT2D eigenvalue weighted by molar-refractivity contribution is 5.87. The Balaban J connectivity index is 3.68. The van der Waals surface area contributed by atoms with Gasteiger partial charge in [0.1, 0.15) is 0 Å². The minimum Gasteiger partial charge on any atom is -0.459 e. The van der Waals surface area contributed by atoms with E-state index in [2.05, 4.69) is 20.4 Å². The van der Waals surface area contributed by atoms with Crippen LogP contribution in [0.15, 0.2) is 12.2 Å². The van der Waals surface area contributed by atoms with Crippen LogP contribution in [0.25, 0.3) is 0 Å². The molecule has 76 valence electrons. The molecule has 0 radical (unpaired) electrons. The molecule has 0 aromatic rings. The van der Waals surface area contributed by atoms with Gasteiger partial charge in [-0.05, 0) is 32.6 Å². The molecule has 13 heavy (non-hydrogen) atoms. The molecule has 0 spiro atoms. The lowest BCUT2D eigenvalue weighted by Crippen LogP contribution is -2.15. The van der Waals surface area contributed by atoms with Gasteiger partial charge in [0.15, 0.2) is 0 Å². The first-order valence-electron chi connectivity index (χ1n) is 4.80. The van der Waals surface area contributed by atoms with Crippen LogP contribution in [0.3, 0.4) is 0 Å². The zero-order chi connectivity index (χ0) is 10.4. The van der Waals surface area contributed by atoms with E-state index in [0.29, 0.717) is 11.5 Å². The fraction of sp³-hybridized carbons (Fsp3) is 0.727. The molecule has 0 unspecified atom stereocenters. The summed E-state index contributed by atoms with van der Waals surface area (Å²) in [4.78, 5) is 11.1. The Morgan fingerprint density at radius 3 is 2.23 bits per heavy atom. The van der Waals surface area contributed by atoms with Gasteiger partial charge in [0, 0.05) is 5.57 Å². The first-order valence-corrected chi connectivity index (χ1v) is 4.80. The number of rotatable bonds is 5. The van der Waals surface area contributed by atoms with E-state index in [9.17, 15) is 4.79 Å². The molecule has 0 saturated carbocycles. The molecule has 0 amide bonds. The van der Waals surface area contributed by atoms with Gasteiger partial charge in [-0.3, -0.25) is 0 Å². The molecule has 2 nitrogen and oxygen atoms in total. The van der Waals surface area contributed by atoms with E-state index < -0.39 is 0 Å². The van der Waals surface area contributed by atoms with Crippen molar-refractivity contribution >= 4 is 5.97 Å². The lowest BCUT2D eigenvalue weighted by atomic mass is 10.1. The van der Waals surface area contributed by atoms with Gasteiger partial charge >= 0.3 is 5.97 Å². The summed E-state index contributed by atoms with van der Waals surface area (Å²) in [7, 11) is 0. The second-order valence-electron chi connectivity index (χ2n) is 3.97. The highest BCUT2D eigenvalue weighted by atomic mass is 16.5. The topological polar surface area (TPSA) is 26.3 Å². The smallest absolute Gasteiger partial charge is 0.333 e. The molecule has 0 aliphatic heterocycles. The molecule has 2 heteroatoms. The third-order valence-electron chi connectivity index (χ3n) is 1.81. The van der Waals surface area contributed by atoms with Gasteiger partial charge in [-0.2, -0.15) is 0 Å². The Hall–Kier alpha value is -0.790. The summed E-state index contributed by atoms with van der Waals surface area (Å²) in [5.74, 6) is 0.377. The molecule has 0 aliphatic carbocycles. The molecule has 0 rings (SSSR count). The maximum absolute atomic E-state index is 11.1. The number of hydrogen-bond donors (Lipinski definition) is 0. The van der Waals surface area contributed by atoms with Crippen LogP contribution in [0.5, 0.6) is 0 Å². The molecule has 0 fully saturated rings. The predicted octanol–water partition coefficient (Wildman–Crippen LogP) is 2.93. The summed E-state index contributed by atoms with van der Waals surface area (Å²) in [5.41, 5.74) is 0.469. The van der Waals surface area contributed by atoms with E-state index >= 15 is 0 Å². The van der Waals surface area contributed by atoms with Crippen molar-refractivity contribution in [2.45, 2.75) is 46.6 Å². The van der Waals surface area contributed by atoms with Crippen LogP contribution in [0, 0.1) is 5.92 Å². The van der Waals surface area contributed by atoms with E-state index in [1.807, 2.05) is 6.92 Å². The second kappa shape index (κ2) is 5.79. The summed E-state index contributed by atoms with van der Waals surface area (Å²) >= 11 is 0. The van der Waals surface area contributed by atoms with Crippen molar-refractivity contribution in [3.05, 3.63) is 12.2 Å². The van der Waals surface area contributed by atoms with Gasteiger partial charge in [-0.25, -0.2) is 4.79 Å². The van der Waals surface area contributed by atoms with Gasteiger partial charge in [0.2, 0.25) is 0 Å².